The molecule has 3 rings (SSSR count). The average molecular weight is 276 g/mol. The van der Waals surface area contributed by atoms with Crippen LogP contribution in [0.2, 0.25) is 0 Å². The molecule has 5 nitrogen and oxygen atoms in total. The fourth-order valence-electron chi connectivity index (χ4n) is 3.54. The molecule has 1 aliphatic heterocycles. The molecule has 1 amide bonds. The molecule has 0 atom stereocenters. The van der Waals surface area contributed by atoms with Crippen LogP contribution in [0, 0.1) is 5.41 Å². The smallest absolute Gasteiger partial charge is 0.232 e. The summed E-state index contributed by atoms with van der Waals surface area (Å²) in [5, 5.41) is 11.2. The second kappa shape index (κ2) is 5.11. The number of nitrogens with one attached hydrogen (secondary N) is 2. The Balaban J connectivity index is 1.92. The SMILES string of the molecule is CCCc1nn(C)c2c1NC(=O)C1(CCCCC1)CN2. The lowest BCUT2D eigenvalue weighted by Gasteiger charge is -2.34. The molecule has 2 aliphatic rings. The van der Waals surface area contributed by atoms with E-state index in [9.17, 15) is 4.79 Å². The van der Waals surface area contributed by atoms with Crippen LogP contribution in [-0.2, 0) is 18.3 Å². The summed E-state index contributed by atoms with van der Waals surface area (Å²) in [6, 6.07) is 0. The van der Waals surface area contributed by atoms with Gasteiger partial charge in [-0.05, 0) is 19.3 Å². The van der Waals surface area contributed by atoms with Gasteiger partial charge in [-0.2, -0.15) is 5.10 Å². The predicted molar refractivity (Wildman–Crippen MR) is 79.8 cm³/mol. The van der Waals surface area contributed by atoms with Crippen molar-refractivity contribution < 1.29 is 4.79 Å². The van der Waals surface area contributed by atoms with E-state index < -0.39 is 0 Å². The first kappa shape index (κ1) is 13.5. The highest BCUT2D eigenvalue weighted by molar-refractivity contribution is 6.00. The molecule has 5 heteroatoms. The summed E-state index contributed by atoms with van der Waals surface area (Å²) < 4.78 is 1.86. The lowest BCUT2D eigenvalue weighted by atomic mass is 9.73. The number of hydrogen-bond donors (Lipinski definition) is 2. The van der Waals surface area contributed by atoms with E-state index in [0.29, 0.717) is 0 Å². The standard InChI is InChI=1S/C15H24N4O/c1-3-7-11-12-13(19(2)18-11)16-10-15(14(20)17-12)8-5-4-6-9-15/h16H,3-10H2,1-2H3,(H,17,20). The van der Waals surface area contributed by atoms with Crippen molar-refractivity contribution in [2.45, 2.75) is 51.9 Å². The maximum Gasteiger partial charge on any atom is 0.232 e. The van der Waals surface area contributed by atoms with Gasteiger partial charge >= 0.3 is 0 Å². The number of aromatic nitrogens is 2. The van der Waals surface area contributed by atoms with Gasteiger partial charge in [-0.15, -0.1) is 0 Å². The molecule has 1 aromatic heterocycles. The fourth-order valence-corrected chi connectivity index (χ4v) is 3.54. The topological polar surface area (TPSA) is 59.0 Å². The first-order chi connectivity index (χ1) is 9.66. The van der Waals surface area contributed by atoms with E-state index in [4.69, 9.17) is 0 Å². The van der Waals surface area contributed by atoms with Crippen LogP contribution in [0.15, 0.2) is 0 Å². The quantitative estimate of drug-likeness (QED) is 0.873. The lowest BCUT2D eigenvalue weighted by molar-refractivity contribution is -0.126. The minimum absolute atomic E-state index is 0.189. The Morgan fingerprint density at radius 3 is 2.75 bits per heavy atom. The highest BCUT2D eigenvalue weighted by Crippen LogP contribution is 2.41. The Labute approximate surface area is 120 Å². The van der Waals surface area contributed by atoms with Crippen LogP contribution in [0.5, 0.6) is 0 Å². The first-order valence-corrected chi connectivity index (χ1v) is 7.77. The highest BCUT2D eigenvalue weighted by atomic mass is 16.2. The van der Waals surface area contributed by atoms with Crippen LogP contribution in [0.4, 0.5) is 11.5 Å². The van der Waals surface area contributed by atoms with E-state index in [1.165, 1.54) is 6.42 Å². The summed E-state index contributed by atoms with van der Waals surface area (Å²) >= 11 is 0. The van der Waals surface area contributed by atoms with Crippen LogP contribution in [0.3, 0.4) is 0 Å². The molecule has 1 saturated carbocycles. The minimum Gasteiger partial charge on any atom is -0.367 e. The van der Waals surface area contributed by atoms with Crippen LogP contribution >= 0.6 is 0 Å². The molecular weight excluding hydrogens is 252 g/mol. The van der Waals surface area contributed by atoms with Gasteiger partial charge in [-0.1, -0.05) is 32.6 Å². The van der Waals surface area contributed by atoms with E-state index in [1.54, 1.807) is 0 Å². The van der Waals surface area contributed by atoms with Crippen molar-refractivity contribution in [2.24, 2.45) is 12.5 Å². The molecule has 1 aliphatic carbocycles. The number of hydrogen-bond acceptors (Lipinski definition) is 3. The van der Waals surface area contributed by atoms with Crippen LogP contribution in [0.1, 0.15) is 51.1 Å². The zero-order valence-corrected chi connectivity index (χ0v) is 12.5. The summed E-state index contributed by atoms with van der Waals surface area (Å²) in [5.74, 6) is 1.15. The second-order valence-corrected chi connectivity index (χ2v) is 6.19. The summed E-state index contributed by atoms with van der Waals surface area (Å²) in [5.41, 5.74) is 1.68. The molecule has 20 heavy (non-hydrogen) atoms. The lowest BCUT2D eigenvalue weighted by Crippen LogP contribution is -2.41. The van der Waals surface area contributed by atoms with E-state index in [1.807, 2.05) is 11.7 Å². The Morgan fingerprint density at radius 2 is 2.05 bits per heavy atom. The molecule has 0 aromatic carbocycles. The number of anilines is 2. The Bertz CT molecular complexity index is 514. The Kier molecular flexibility index (Phi) is 3.44. The molecule has 2 heterocycles. The van der Waals surface area contributed by atoms with Gasteiger partial charge in [0.1, 0.15) is 11.5 Å². The zero-order chi connectivity index (χ0) is 14.2. The van der Waals surface area contributed by atoms with Crippen molar-refractivity contribution in [1.29, 1.82) is 0 Å². The molecule has 0 saturated heterocycles. The highest BCUT2D eigenvalue weighted by Gasteiger charge is 2.42. The van der Waals surface area contributed by atoms with Crippen molar-refractivity contribution in [2.75, 3.05) is 17.2 Å². The van der Waals surface area contributed by atoms with Crippen molar-refractivity contribution >= 4 is 17.4 Å². The normalized spacial score (nSPS) is 21.0. The summed E-state index contributed by atoms with van der Waals surface area (Å²) in [6.45, 7) is 2.87. The third-order valence-electron chi connectivity index (χ3n) is 4.73. The Morgan fingerprint density at radius 1 is 1.30 bits per heavy atom. The average Bonchev–Trinajstić information content (AvgIpc) is 2.65. The summed E-state index contributed by atoms with van der Waals surface area (Å²) in [6.07, 6.45) is 7.50. The number of carbonyl (C=O) groups excluding carboxylic acids is 1. The summed E-state index contributed by atoms with van der Waals surface area (Å²) in [4.78, 5) is 12.7. The molecule has 1 fully saturated rings. The number of carbonyl (C=O) groups is 1. The molecule has 0 bridgehead atoms. The Hall–Kier alpha value is -1.52. The van der Waals surface area contributed by atoms with Gasteiger partial charge in [0.15, 0.2) is 0 Å². The second-order valence-electron chi connectivity index (χ2n) is 6.19. The number of amides is 1. The zero-order valence-electron chi connectivity index (χ0n) is 12.5. The van der Waals surface area contributed by atoms with Gasteiger partial charge in [-0.25, -0.2) is 0 Å². The van der Waals surface area contributed by atoms with E-state index in [0.717, 1.165) is 62.3 Å². The number of nitrogens with zero attached hydrogens (tertiary/aromatic N) is 2. The van der Waals surface area contributed by atoms with Gasteiger partial charge in [0.05, 0.1) is 11.1 Å². The largest absolute Gasteiger partial charge is 0.367 e. The van der Waals surface area contributed by atoms with Gasteiger partial charge in [0.25, 0.3) is 0 Å². The van der Waals surface area contributed by atoms with Crippen LogP contribution < -0.4 is 10.6 Å². The monoisotopic (exact) mass is 276 g/mol. The molecule has 110 valence electrons. The minimum atomic E-state index is -0.221. The van der Waals surface area contributed by atoms with E-state index >= 15 is 0 Å². The summed E-state index contributed by atoms with van der Waals surface area (Å²) in [7, 11) is 1.94. The number of aryl methyl sites for hydroxylation is 2. The molecule has 1 aromatic rings. The van der Waals surface area contributed by atoms with Crippen molar-refractivity contribution in [3.63, 3.8) is 0 Å². The van der Waals surface area contributed by atoms with Gasteiger partial charge in [0.2, 0.25) is 5.91 Å². The van der Waals surface area contributed by atoms with E-state index in [-0.39, 0.29) is 11.3 Å². The third-order valence-corrected chi connectivity index (χ3v) is 4.73. The fraction of sp³-hybridized carbons (Fsp3) is 0.733. The van der Waals surface area contributed by atoms with Crippen LogP contribution in [-0.4, -0.2) is 22.2 Å². The van der Waals surface area contributed by atoms with Crippen molar-refractivity contribution in [3.8, 4) is 0 Å². The maximum atomic E-state index is 12.7. The third kappa shape index (κ3) is 2.09. The van der Waals surface area contributed by atoms with Gasteiger partial charge < -0.3 is 10.6 Å². The molecule has 0 radical (unpaired) electrons. The van der Waals surface area contributed by atoms with Crippen LogP contribution in [0.25, 0.3) is 0 Å². The first-order valence-electron chi connectivity index (χ1n) is 7.77. The van der Waals surface area contributed by atoms with Crippen molar-refractivity contribution in [3.05, 3.63) is 5.69 Å². The molecule has 1 spiro atoms. The molecular formula is C15H24N4O. The van der Waals surface area contributed by atoms with Crippen molar-refractivity contribution in [1.82, 2.24) is 9.78 Å². The number of rotatable bonds is 2. The predicted octanol–water partition coefficient (Wildman–Crippen LogP) is 2.69. The molecule has 0 unspecified atom stereocenters. The molecule has 2 N–H and O–H groups in total. The van der Waals surface area contributed by atoms with Gasteiger partial charge in [-0.3, -0.25) is 9.48 Å². The van der Waals surface area contributed by atoms with Gasteiger partial charge in [0, 0.05) is 13.6 Å². The maximum absolute atomic E-state index is 12.7. The van der Waals surface area contributed by atoms with E-state index in [2.05, 4.69) is 22.7 Å². The number of fused-ring (bicyclic) bond motifs is 1.